The maximum absolute atomic E-state index is 12.7. The van der Waals surface area contributed by atoms with Crippen molar-refractivity contribution in [1.82, 2.24) is 0 Å². The van der Waals surface area contributed by atoms with Gasteiger partial charge in [-0.2, -0.15) is 0 Å². The van der Waals surface area contributed by atoms with Crippen LogP contribution in [0.2, 0.25) is 0 Å². The minimum Gasteiger partial charge on any atom is -0.465 e. The average molecular weight is 397 g/mol. The van der Waals surface area contributed by atoms with Crippen LogP contribution in [0.1, 0.15) is 129 Å². The highest BCUT2D eigenvalue weighted by Gasteiger charge is 2.24. The Bertz CT molecular complexity index is 369. The molecule has 1 N–H and O–H groups in total. The molecule has 0 bridgehead atoms. The van der Waals surface area contributed by atoms with Gasteiger partial charge in [-0.15, -0.1) is 0 Å². The van der Waals surface area contributed by atoms with Crippen molar-refractivity contribution in [3.05, 3.63) is 0 Å². The number of rotatable bonds is 17. The van der Waals surface area contributed by atoms with Crippen LogP contribution in [-0.2, 0) is 9.53 Å². The number of aliphatic hydroxyl groups excluding tert-OH is 1. The van der Waals surface area contributed by atoms with Gasteiger partial charge in [0, 0.05) is 0 Å². The molecule has 3 nitrogen and oxygen atoms in total. The lowest BCUT2D eigenvalue weighted by Crippen LogP contribution is -2.26. The average Bonchev–Trinajstić information content (AvgIpc) is 2.69. The summed E-state index contributed by atoms with van der Waals surface area (Å²) in [5, 5.41) is 9.82. The highest BCUT2D eigenvalue weighted by Crippen LogP contribution is 2.26. The van der Waals surface area contributed by atoms with E-state index < -0.39 is 0 Å². The largest absolute Gasteiger partial charge is 0.465 e. The first-order valence-corrected chi connectivity index (χ1v) is 12.5. The molecule has 0 aromatic carbocycles. The van der Waals surface area contributed by atoms with E-state index in [-0.39, 0.29) is 18.0 Å². The molecular formula is C25H48O3. The van der Waals surface area contributed by atoms with Gasteiger partial charge in [0.15, 0.2) is 0 Å². The quantitative estimate of drug-likeness (QED) is 0.209. The zero-order valence-corrected chi connectivity index (χ0v) is 18.9. The van der Waals surface area contributed by atoms with Crippen LogP contribution in [-0.4, -0.2) is 23.8 Å². The van der Waals surface area contributed by atoms with Gasteiger partial charge >= 0.3 is 5.97 Å². The van der Waals surface area contributed by atoms with Crippen molar-refractivity contribution in [3.8, 4) is 0 Å². The molecule has 28 heavy (non-hydrogen) atoms. The Balaban J connectivity index is 2.29. The monoisotopic (exact) mass is 396 g/mol. The Kier molecular flexibility index (Phi) is 15.7. The second kappa shape index (κ2) is 17.3. The molecule has 1 saturated carbocycles. The normalized spacial score (nSPS) is 20.8. The highest BCUT2D eigenvalue weighted by atomic mass is 16.5. The Morgan fingerprint density at radius 3 is 1.93 bits per heavy atom. The second-order valence-electron chi connectivity index (χ2n) is 9.13. The van der Waals surface area contributed by atoms with Crippen LogP contribution in [0.4, 0.5) is 0 Å². The van der Waals surface area contributed by atoms with Crippen molar-refractivity contribution in [2.75, 3.05) is 6.61 Å². The molecule has 3 heteroatoms. The maximum Gasteiger partial charge on any atom is 0.308 e. The van der Waals surface area contributed by atoms with Crippen LogP contribution in [0.5, 0.6) is 0 Å². The molecule has 0 spiro atoms. The fraction of sp³-hybridized carbons (Fsp3) is 0.960. The summed E-state index contributed by atoms with van der Waals surface area (Å²) in [6.45, 7) is 5.01. The van der Waals surface area contributed by atoms with E-state index in [4.69, 9.17) is 4.74 Å². The second-order valence-corrected chi connectivity index (χ2v) is 9.13. The molecule has 1 fully saturated rings. The molecule has 0 heterocycles. The summed E-state index contributed by atoms with van der Waals surface area (Å²) in [5.74, 6) is 0.476. The summed E-state index contributed by atoms with van der Waals surface area (Å²) >= 11 is 0. The van der Waals surface area contributed by atoms with Crippen molar-refractivity contribution in [3.63, 3.8) is 0 Å². The number of hydrogen-bond donors (Lipinski definition) is 1. The van der Waals surface area contributed by atoms with Crippen molar-refractivity contribution in [2.24, 2.45) is 11.8 Å². The SMILES string of the molecule is CCCCCCCCCC(CCCCCCC)C(=O)OCC1CCCC(O)C1. The van der Waals surface area contributed by atoms with Crippen LogP contribution in [0.25, 0.3) is 0 Å². The number of carbonyl (C=O) groups is 1. The zero-order valence-electron chi connectivity index (χ0n) is 18.9. The third-order valence-electron chi connectivity index (χ3n) is 6.36. The lowest BCUT2D eigenvalue weighted by Gasteiger charge is -2.26. The van der Waals surface area contributed by atoms with Gasteiger partial charge in [0.2, 0.25) is 0 Å². The van der Waals surface area contributed by atoms with Crippen LogP contribution >= 0.6 is 0 Å². The van der Waals surface area contributed by atoms with Gasteiger partial charge in [0.1, 0.15) is 0 Å². The number of ether oxygens (including phenoxy) is 1. The third-order valence-corrected chi connectivity index (χ3v) is 6.36. The van der Waals surface area contributed by atoms with Gasteiger partial charge in [0.25, 0.3) is 0 Å². The maximum atomic E-state index is 12.7. The smallest absolute Gasteiger partial charge is 0.308 e. The van der Waals surface area contributed by atoms with Gasteiger partial charge < -0.3 is 9.84 Å². The van der Waals surface area contributed by atoms with E-state index in [9.17, 15) is 9.90 Å². The Hall–Kier alpha value is -0.570. The number of carbonyl (C=O) groups excluding carboxylic acids is 1. The lowest BCUT2D eigenvalue weighted by atomic mass is 9.88. The summed E-state index contributed by atoms with van der Waals surface area (Å²) in [7, 11) is 0. The predicted molar refractivity (Wildman–Crippen MR) is 118 cm³/mol. The van der Waals surface area contributed by atoms with Crippen LogP contribution in [0.15, 0.2) is 0 Å². The van der Waals surface area contributed by atoms with Crippen molar-refractivity contribution >= 4 is 5.97 Å². The summed E-state index contributed by atoms with van der Waals surface area (Å²) in [6, 6.07) is 0. The number of unbranched alkanes of at least 4 members (excludes halogenated alkanes) is 10. The number of esters is 1. The molecule has 0 aromatic rings. The van der Waals surface area contributed by atoms with E-state index in [0.717, 1.165) is 51.4 Å². The van der Waals surface area contributed by atoms with Crippen molar-refractivity contribution in [2.45, 2.75) is 136 Å². The standard InChI is InChI=1S/C25H48O3/c1-3-5-7-9-10-12-14-18-23(17-13-11-8-6-4-2)25(27)28-21-22-16-15-19-24(26)20-22/h22-24,26H,3-21H2,1-2H3. The fourth-order valence-electron chi connectivity index (χ4n) is 4.45. The van der Waals surface area contributed by atoms with E-state index in [1.54, 1.807) is 0 Å². The van der Waals surface area contributed by atoms with E-state index in [2.05, 4.69) is 13.8 Å². The first kappa shape index (κ1) is 25.5. The topological polar surface area (TPSA) is 46.5 Å². The molecule has 3 atom stereocenters. The highest BCUT2D eigenvalue weighted by molar-refractivity contribution is 5.72. The van der Waals surface area contributed by atoms with E-state index >= 15 is 0 Å². The van der Waals surface area contributed by atoms with Crippen molar-refractivity contribution in [1.29, 1.82) is 0 Å². The van der Waals surface area contributed by atoms with E-state index in [0.29, 0.717) is 12.5 Å². The fourth-order valence-corrected chi connectivity index (χ4v) is 4.45. The molecule has 1 aliphatic rings. The van der Waals surface area contributed by atoms with Crippen LogP contribution in [0, 0.1) is 11.8 Å². The van der Waals surface area contributed by atoms with E-state index in [1.165, 1.54) is 64.2 Å². The van der Waals surface area contributed by atoms with E-state index in [1.807, 2.05) is 0 Å². The minimum atomic E-state index is -0.195. The molecule has 0 aromatic heterocycles. The van der Waals surface area contributed by atoms with Crippen molar-refractivity contribution < 1.29 is 14.6 Å². The summed E-state index contributed by atoms with van der Waals surface area (Å²) in [5.41, 5.74) is 0. The summed E-state index contributed by atoms with van der Waals surface area (Å²) in [6.07, 6.45) is 20.9. The Morgan fingerprint density at radius 2 is 1.39 bits per heavy atom. The molecule has 0 radical (unpaired) electrons. The van der Waals surface area contributed by atoms with Gasteiger partial charge in [-0.25, -0.2) is 0 Å². The van der Waals surface area contributed by atoms with Gasteiger partial charge in [0.05, 0.1) is 18.6 Å². The first-order chi connectivity index (χ1) is 13.7. The van der Waals surface area contributed by atoms with Gasteiger partial charge in [-0.3, -0.25) is 4.79 Å². The zero-order chi connectivity index (χ0) is 20.5. The molecule has 0 amide bonds. The summed E-state index contributed by atoms with van der Waals surface area (Å²) < 4.78 is 5.73. The molecule has 166 valence electrons. The van der Waals surface area contributed by atoms with Crippen LogP contribution in [0.3, 0.4) is 0 Å². The summed E-state index contributed by atoms with van der Waals surface area (Å²) in [4.78, 5) is 12.7. The molecule has 1 aliphatic carbocycles. The molecule has 0 aliphatic heterocycles. The molecule has 0 saturated heterocycles. The molecule has 3 unspecified atom stereocenters. The molecular weight excluding hydrogens is 348 g/mol. The lowest BCUT2D eigenvalue weighted by molar-refractivity contribution is -0.151. The molecule has 1 rings (SSSR count). The minimum absolute atomic E-state index is 0.0292. The van der Waals surface area contributed by atoms with Gasteiger partial charge in [-0.1, -0.05) is 97.3 Å². The number of hydrogen-bond acceptors (Lipinski definition) is 3. The Labute approximate surface area is 175 Å². The first-order valence-electron chi connectivity index (χ1n) is 12.5. The number of aliphatic hydroxyl groups is 1. The predicted octanol–water partition coefficient (Wildman–Crippen LogP) is 7.20. The Morgan fingerprint density at radius 1 is 0.857 bits per heavy atom. The van der Waals surface area contributed by atoms with Gasteiger partial charge in [-0.05, 0) is 38.0 Å². The van der Waals surface area contributed by atoms with Crippen LogP contribution < -0.4 is 0 Å². The third kappa shape index (κ3) is 12.8.